The summed E-state index contributed by atoms with van der Waals surface area (Å²) < 4.78 is 0. The van der Waals surface area contributed by atoms with Gasteiger partial charge in [-0.25, -0.2) is 0 Å². The zero-order chi connectivity index (χ0) is 9.68. The molecule has 0 aliphatic heterocycles. The van der Waals surface area contributed by atoms with Crippen molar-refractivity contribution >= 4 is 29.6 Å². The van der Waals surface area contributed by atoms with Gasteiger partial charge in [0.2, 0.25) is 0 Å². The summed E-state index contributed by atoms with van der Waals surface area (Å²) in [5.41, 5.74) is 1.04. The second-order valence-electron chi connectivity index (χ2n) is 2.55. The molecule has 0 amide bonds. The summed E-state index contributed by atoms with van der Waals surface area (Å²) in [6.07, 6.45) is 11.7. The normalized spacial score (nSPS) is 22.8. The van der Waals surface area contributed by atoms with Crippen LogP contribution in [0.2, 0.25) is 0 Å². The molecule has 0 N–H and O–H groups in total. The second-order valence-corrected chi connectivity index (χ2v) is 3.96. The molecule has 0 saturated carbocycles. The van der Waals surface area contributed by atoms with Crippen molar-refractivity contribution in [1.82, 2.24) is 0 Å². The number of hydrogen-bond acceptors (Lipinski definition) is 2. The maximum atomic E-state index is 5.88. The van der Waals surface area contributed by atoms with Gasteiger partial charge in [0.1, 0.15) is 0 Å². The molecule has 70 valence electrons. The van der Waals surface area contributed by atoms with Crippen LogP contribution in [0.1, 0.15) is 6.92 Å². The van der Waals surface area contributed by atoms with Crippen molar-refractivity contribution in [2.75, 3.05) is 6.26 Å². The summed E-state index contributed by atoms with van der Waals surface area (Å²) in [6, 6.07) is 0. The lowest BCUT2D eigenvalue weighted by atomic mass is 10.3. The number of hydrogen-bond donors (Lipinski definition) is 0. The Bertz CT molecular complexity index is 289. The van der Waals surface area contributed by atoms with Gasteiger partial charge in [0.15, 0.2) is 0 Å². The first-order chi connectivity index (χ1) is 6.27. The summed E-state index contributed by atoms with van der Waals surface area (Å²) in [5.74, 6) is 0. The topological polar surface area (TPSA) is 12.4 Å². The Balaban J connectivity index is 2.93. The van der Waals surface area contributed by atoms with Crippen LogP contribution in [0.5, 0.6) is 0 Å². The van der Waals surface area contributed by atoms with Crippen molar-refractivity contribution in [3.05, 3.63) is 35.0 Å². The van der Waals surface area contributed by atoms with Crippen molar-refractivity contribution in [3.63, 3.8) is 0 Å². The zero-order valence-corrected chi connectivity index (χ0v) is 9.27. The molecule has 0 aromatic heterocycles. The van der Waals surface area contributed by atoms with Gasteiger partial charge in [-0.05, 0) is 31.4 Å². The van der Waals surface area contributed by atoms with Crippen LogP contribution in [0, 0.1) is 0 Å². The minimum absolute atomic E-state index is 0.309. The fourth-order valence-corrected chi connectivity index (χ4v) is 1.81. The average Bonchev–Trinajstić information content (AvgIpc) is 2.30. The molecule has 1 aliphatic carbocycles. The first kappa shape index (κ1) is 10.6. The minimum Gasteiger partial charge on any atom is -0.264 e. The third-order valence-electron chi connectivity index (χ3n) is 1.67. The highest BCUT2D eigenvalue weighted by Crippen LogP contribution is 2.23. The van der Waals surface area contributed by atoms with E-state index in [1.807, 2.05) is 25.2 Å². The smallest absolute Gasteiger partial charge is 0.0650 e. The molecular weight excluding hydrogens is 202 g/mol. The highest BCUT2D eigenvalue weighted by Gasteiger charge is 2.09. The Kier molecular flexibility index (Phi) is 4.33. The van der Waals surface area contributed by atoms with Crippen molar-refractivity contribution in [2.24, 2.45) is 4.99 Å². The van der Waals surface area contributed by atoms with E-state index in [2.05, 4.69) is 17.3 Å². The number of halogens is 1. The minimum atomic E-state index is 0.309. The number of aliphatic imine (C=N–C) groups is 1. The van der Waals surface area contributed by atoms with Gasteiger partial charge in [0.25, 0.3) is 0 Å². The van der Waals surface area contributed by atoms with E-state index in [1.54, 1.807) is 18.0 Å². The van der Waals surface area contributed by atoms with E-state index < -0.39 is 0 Å². The van der Waals surface area contributed by atoms with Gasteiger partial charge < -0.3 is 0 Å². The van der Waals surface area contributed by atoms with E-state index in [0.717, 1.165) is 10.7 Å². The molecule has 0 fully saturated rings. The molecule has 3 heteroatoms. The summed E-state index contributed by atoms with van der Waals surface area (Å²) in [6.45, 7) is 1.91. The molecule has 0 aromatic carbocycles. The molecule has 1 atom stereocenters. The summed E-state index contributed by atoms with van der Waals surface area (Å²) >= 11 is 7.63. The van der Waals surface area contributed by atoms with E-state index in [9.17, 15) is 0 Å². The summed E-state index contributed by atoms with van der Waals surface area (Å²) in [4.78, 5) is 4.29. The van der Waals surface area contributed by atoms with Gasteiger partial charge in [-0.3, -0.25) is 4.99 Å². The third-order valence-corrected chi connectivity index (χ3v) is 2.83. The Labute approximate surface area is 88.3 Å². The standard InChI is InChI=1S/C10H12ClNS/c1-3-12-9-6-4-8(11)5-7-10(9)13-2/h3-7,10H,1-2H3. The lowest BCUT2D eigenvalue weighted by molar-refractivity contribution is 1.19. The Morgan fingerprint density at radius 3 is 2.92 bits per heavy atom. The van der Waals surface area contributed by atoms with E-state index >= 15 is 0 Å². The molecule has 0 heterocycles. The van der Waals surface area contributed by atoms with Crippen LogP contribution in [0.25, 0.3) is 0 Å². The first-order valence-corrected chi connectivity index (χ1v) is 5.71. The summed E-state index contributed by atoms with van der Waals surface area (Å²) in [7, 11) is 0. The van der Waals surface area contributed by atoms with Gasteiger partial charge in [-0.2, -0.15) is 11.8 Å². The highest BCUT2D eigenvalue weighted by atomic mass is 35.5. The molecular formula is C10H12ClNS. The quantitative estimate of drug-likeness (QED) is 0.641. The lowest BCUT2D eigenvalue weighted by Gasteiger charge is -2.08. The maximum absolute atomic E-state index is 5.88. The predicted octanol–water partition coefficient (Wildman–Crippen LogP) is 3.39. The number of nitrogens with zero attached hydrogens (tertiary/aromatic N) is 1. The largest absolute Gasteiger partial charge is 0.264 e. The lowest BCUT2D eigenvalue weighted by Crippen LogP contribution is -1.99. The molecule has 1 rings (SSSR count). The monoisotopic (exact) mass is 213 g/mol. The molecule has 0 saturated heterocycles. The van der Waals surface area contributed by atoms with Crippen LogP contribution < -0.4 is 0 Å². The van der Waals surface area contributed by atoms with Crippen LogP contribution in [-0.2, 0) is 0 Å². The average molecular weight is 214 g/mol. The molecule has 0 bridgehead atoms. The fraction of sp³-hybridized carbons (Fsp3) is 0.300. The molecule has 13 heavy (non-hydrogen) atoms. The Hall–Kier alpha value is -0.470. The van der Waals surface area contributed by atoms with Crippen molar-refractivity contribution in [1.29, 1.82) is 0 Å². The fourth-order valence-electron chi connectivity index (χ4n) is 1.06. The molecule has 1 aliphatic rings. The van der Waals surface area contributed by atoms with Crippen molar-refractivity contribution in [2.45, 2.75) is 12.2 Å². The van der Waals surface area contributed by atoms with Crippen molar-refractivity contribution < 1.29 is 0 Å². The molecule has 0 aromatic rings. The third kappa shape index (κ3) is 3.05. The number of thioether (sulfide) groups is 1. The van der Waals surface area contributed by atoms with Crippen LogP contribution in [0.4, 0.5) is 0 Å². The van der Waals surface area contributed by atoms with Crippen LogP contribution in [0.15, 0.2) is 40.0 Å². The van der Waals surface area contributed by atoms with E-state index in [-0.39, 0.29) is 0 Å². The van der Waals surface area contributed by atoms with Gasteiger partial charge in [-0.1, -0.05) is 17.7 Å². The second kappa shape index (κ2) is 5.30. The number of rotatable bonds is 2. The van der Waals surface area contributed by atoms with Gasteiger partial charge in [-0.15, -0.1) is 0 Å². The van der Waals surface area contributed by atoms with Crippen LogP contribution in [-0.4, -0.2) is 17.7 Å². The summed E-state index contributed by atoms with van der Waals surface area (Å²) in [5, 5.41) is 1.06. The molecule has 0 spiro atoms. The van der Waals surface area contributed by atoms with Gasteiger partial charge >= 0.3 is 0 Å². The molecule has 0 radical (unpaired) electrons. The SMILES string of the molecule is CC=NC1=CC=C(Cl)C=CC1SC. The zero-order valence-electron chi connectivity index (χ0n) is 7.70. The van der Waals surface area contributed by atoms with Gasteiger partial charge in [0.05, 0.1) is 10.9 Å². The van der Waals surface area contributed by atoms with E-state index in [0.29, 0.717) is 5.25 Å². The predicted molar refractivity (Wildman–Crippen MR) is 62.6 cm³/mol. The van der Waals surface area contributed by atoms with Crippen molar-refractivity contribution in [3.8, 4) is 0 Å². The van der Waals surface area contributed by atoms with E-state index in [1.165, 1.54) is 0 Å². The Morgan fingerprint density at radius 2 is 2.31 bits per heavy atom. The van der Waals surface area contributed by atoms with Crippen LogP contribution in [0.3, 0.4) is 0 Å². The Morgan fingerprint density at radius 1 is 1.54 bits per heavy atom. The highest BCUT2D eigenvalue weighted by molar-refractivity contribution is 7.99. The van der Waals surface area contributed by atoms with E-state index in [4.69, 9.17) is 11.6 Å². The van der Waals surface area contributed by atoms with Crippen LogP contribution >= 0.6 is 23.4 Å². The first-order valence-electron chi connectivity index (χ1n) is 4.05. The molecule has 1 unspecified atom stereocenters. The molecule has 1 nitrogen and oxygen atoms in total. The van der Waals surface area contributed by atoms with Gasteiger partial charge in [0, 0.05) is 11.2 Å². The maximum Gasteiger partial charge on any atom is 0.0650 e. The number of allylic oxidation sites excluding steroid dienone is 4.